The summed E-state index contributed by atoms with van der Waals surface area (Å²) in [4.78, 5) is 0. The van der Waals surface area contributed by atoms with Gasteiger partial charge in [-0.15, -0.1) is 0 Å². The molecule has 2 aliphatic carbocycles. The fourth-order valence-electron chi connectivity index (χ4n) is 5.97. The molecule has 0 radical (unpaired) electrons. The van der Waals surface area contributed by atoms with Crippen molar-refractivity contribution in [2.75, 3.05) is 13.7 Å². The Kier molecular flexibility index (Phi) is 5.68. The summed E-state index contributed by atoms with van der Waals surface area (Å²) in [6.45, 7) is 12.4. The number of hydrogen-bond acceptors (Lipinski definition) is 2. The second kappa shape index (κ2) is 6.88. The minimum absolute atomic E-state index is 0.283. The topological polar surface area (TPSA) is 29.5 Å². The summed E-state index contributed by atoms with van der Waals surface area (Å²) in [6.07, 6.45) is 10.4. The summed E-state index contributed by atoms with van der Waals surface area (Å²) < 4.78 is 5.15. The largest absolute Gasteiger partial charge is 0.390 e. The van der Waals surface area contributed by atoms with E-state index in [4.69, 9.17) is 4.74 Å². The first-order valence-electron chi connectivity index (χ1n) is 9.50. The van der Waals surface area contributed by atoms with Gasteiger partial charge >= 0.3 is 0 Å². The van der Waals surface area contributed by atoms with Gasteiger partial charge in [0.1, 0.15) is 0 Å². The van der Waals surface area contributed by atoms with E-state index >= 15 is 0 Å². The lowest BCUT2D eigenvalue weighted by molar-refractivity contribution is -0.168. The van der Waals surface area contributed by atoms with Crippen LogP contribution in [0.2, 0.25) is 0 Å². The molecule has 0 aromatic carbocycles. The van der Waals surface area contributed by atoms with E-state index in [0.29, 0.717) is 17.9 Å². The Labute approximate surface area is 143 Å². The Balaban J connectivity index is 2.19. The lowest BCUT2D eigenvalue weighted by Gasteiger charge is -2.61. The van der Waals surface area contributed by atoms with E-state index in [9.17, 15) is 5.11 Å². The number of ether oxygens (including phenoxy) is 1. The predicted octanol–water partition coefficient (Wildman–Crippen LogP) is 5.35. The Hall–Kier alpha value is -0.340. The van der Waals surface area contributed by atoms with Crippen molar-refractivity contribution in [2.24, 2.45) is 22.7 Å². The molecule has 23 heavy (non-hydrogen) atoms. The quantitative estimate of drug-likeness (QED) is 0.691. The van der Waals surface area contributed by atoms with Crippen molar-refractivity contribution in [1.29, 1.82) is 0 Å². The zero-order valence-electron chi connectivity index (χ0n) is 16.2. The third-order valence-electron chi connectivity index (χ3n) is 7.19. The minimum atomic E-state index is -0.514. The number of allylic oxidation sites excluding steroid dienone is 1. The number of rotatable bonds is 5. The van der Waals surface area contributed by atoms with Crippen LogP contribution in [0, 0.1) is 22.7 Å². The monoisotopic (exact) mass is 322 g/mol. The van der Waals surface area contributed by atoms with Gasteiger partial charge in [0.2, 0.25) is 0 Å². The van der Waals surface area contributed by atoms with Crippen LogP contribution in [-0.4, -0.2) is 24.4 Å². The molecule has 2 fully saturated rings. The van der Waals surface area contributed by atoms with E-state index < -0.39 is 5.60 Å². The number of methoxy groups -OCH3 is 1. The molecule has 0 aromatic rings. The van der Waals surface area contributed by atoms with E-state index in [1.807, 2.05) is 0 Å². The number of aliphatic hydroxyl groups is 1. The van der Waals surface area contributed by atoms with Crippen molar-refractivity contribution >= 4 is 0 Å². The van der Waals surface area contributed by atoms with E-state index in [1.165, 1.54) is 31.3 Å². The van der Waals surface area contributed by atoms with Crippen LogP contribution in [-0.2, 0) is 4.74 Å². The van der Waals surface area contributed by atoms with Gasteiger partial charge in [0, 0.05) is 7.11 Å². The van der Waals surface area contributed by atoms with Gasteiger partial charge in [-0.1, -0.05) is 38.8 Å². The first-order valence-corrected chi connectivity index (χ1v) is 9.50. The molecular formula is C21H38O2. The van der Waals surface area contributed by atoms with Gasteiger partial charge in [-0.25, -0.2) is 0 Å². The third kappa shape index (κ3) is 3.85. The van der Waals surface area contributed by atoms with Gasteiger partial charge in [-0.2, -0.15) is 0 Å². The molecule has 2 nitrogen and oxygen atoms in total. The molecule has 134 valence electrons. The molecule has 4 atom stereocenters. The molecule has 0 amide bonds. The average Bonchev–Trinajstić information content (AvgIpc) is 2.42. The van der Waals surface area contributed by atoms with Crippen molar-refractivity contribution in [3.05, 3.63) is 11.6 Å². The van der Waals surface area contributed by atoms with Crippen LogP contribution in [0.3, 0.4) is 0 Å². The number of fused-ring (bicyclic) bond motifs is 1. The maximum absolute atomic E-state index is 11.2. The van der Waals surface area contributed by atoms with Gasteiger partial charge in [0.25, 0.3) is 0 Å². The normalized spacial score (nSPS) is 40.7. The molecule has 2 heteroatoms. The molecule has 0 heterocycles. The van der Waals surface area contributed by atoms with Crippen molar-refractivity contribution in [3.8, 4) is 0 Å². The SMILES string of the molecule is COC/C=C(\C)CCC1C(C)(O)CCC2C(C)(C)CCCC21C. The Morgan fingerprint density at radius 3 is 2.52 bits per heavy atom. The van der Waals surface area contributed by atoms with Crippen molar-refractivity contribution in [1.82, 2.24) is 0 Å². The lowest BCUT2D eigenvalue weighted by Crippen LogP contribution is -2.57. The first-order chi connectivity index (χ1) is 10.6. The van der Waals surface area contributed by atoms with E-state index in [0.717, 1.165) is 25.2 Å². The number of hydrogen-bond donors (Lipinski definition) is 1. The van der Waals surface area contributed by atoms with Crippen LogP contribution in [0.4, 0.5) is 0 Å². The molecule has 2 saturated carbocycles. The van der Waals surface area contributed by atoms with E-state index in [1.54, 1.807) is 7.11 Å². The van der Waals surface area contributed by atoms with Crippen LogP contribution in [0.15, 0.2) is 11.6 Å². The molecule has 4 unspecified atom stereocenters. The highest BCUT2D eigenvalue weighted by atomic mass is 16.5. The molecule has 0 aromatic heterocycles. The lowest BCUT2D eigenvalue weighted by atomic mass is 9.45. The summed E-state index contributed by atoms with van der Waals surface area (Å²) >= 11 is 0. The van der Waals surface area contributed by atoms with Gasteiger partial charge in [-0.05, 0) is 75.0 Å². The maximum Gasteiger partial charge on any atom is 0.0653 e. The van der Waals surface area contributed by atoms with E-state index in [2.05, 4.69) is 40.7 Å². The van der Waals surface area contributed by atoms with Crippen LogP contribution < -0.4 is 0 Å². The van der Waals surface area contributed by atoms with Gasteiger partial charge in [-0.3, -0.25) is 0 Å². The smallest absolute Gasteiger partial charge is 0.0653 e. The summed E-state index contributed by atoms with van der Waals surface area (Å²) in [5.74, 6) is 1.15. The minimum Gasteiger partial charge on any atom is -0.390 e. The van der Waals surface area contributed by atoms with Crippen LogP contribution in [0.5, 0.6) is 0 Å². The molecule has 0 aliphatic heterocycles. The van der Waals surface area contributed by atoms with Gasteiger partial charge in [0.05, 0.1) is 12.2 Å². The molecule has 0 bridgehead atoms. The van der Waals surface area contributed by atoms with Crippen molar-refractivity contribution < 1.29 is 9.84 Å². The van der Waals surface area contributed by atoms with Crippen LogP contribution in [0.1, 0.15) is 79.6 Å². The summed E-state index contributed by atoms with van der Waals surface area (Å²) in [5, 5.41) is 11.2. The second-order valence-corrected chi connectivity index (χ2v) is 9.39. The predicted molar refractivity (Wildman–Crippen MR) is 97.4 cm³/mol. The highest BCUT2D eigenvalue weighted by Gasteiger charge is 2.57. The molecule has 1 N–H and O–H groups in total. The average molecular weight is 323 g/mol. The highest BCUT2D eigenvalue weighted by molar-refractivity contribution is 5.09. The third-order valence-corrected chi connectivity index (χ3v) is 7.19. The first kappa shape index (κ1) is 19.0. The Morgan fingerprint density at radius 1 is 1.17 bits per heavy atom. The van der Waals surface area contributed by atoms with E-state index in [-0.39, 0.29) is 5.41 Å². The second-order valence-electron chi connectivity index (χ2n) is 9.39. The summed E-state index contributed by atoms with van der Waals surface area (Å²) in [5.41, 5.74) is 1.58. The molecule has 0 saturated heterocycles. The molecular weight excluding hydrogens is 284 g/mol. The van der Waals surface area contributed by atoms with Crippen LogP contribution in [0.25, 0.3) is 0 Å². The Morgan fingerprint density at radius 2 is 1.87 bits per heavy atom. The molecule has 2 aliphatic rings. The standard InChI is InChI=1S/C21H38O2/c1-16(11-15-23-6)8-9-18-20(4)13-7-12-19(2,3)17(20)10-14-21(18,5)22/h11,17-18,22H,7-10,12-15H2,1-6H3/b16-11+. The highest BCUT2D eigenvalue weighted by Crippen LogP contribution is 2.62. The van der Waals surface area contributed by atoms with Crippen molar-refractivity contribution in [2.45, 2.75) is 85.2 Å². The summed E-state index contributed by atoms with van der Waals surface area (Å²) in [7, 11) is 1.74. The van der Waals surface area contributed by atoms with Crippen LogP contribution >= 0.6 is 0 Å². The van der Waals surface area contributed by atoms with Gasteiger partial charge < -0.3 is 9.84 Å². The molecule has 0 spiro atoms. The van der Waals surface area contributed by atoms with Crippen molar-refractivity contribution in [3.63, 3.8) is 0 Å². The maximum atomic E-state index is 11.2. The fraction of sp³-hybridized carbons (Fsp3) is 0.905. The zero-order chi connectivity index (χ0) is 17.3. The zero-order valence-corrected chi connectivity index (χ0v) is 16.2. The Bertz CT molecular complexity index is 435. The summed E-state index contributed by atoms with van der Waals surface area (Å²) in [6, 6.07) is 0. The van der Waals surface area contributed by atoms with Gasteiger partial charge in [0.15, 0.2) is 0 Å². The fourth-order valence-corrected chi connectivity index (χ4v) is 5.97. The molecule has 2 rings (SSSR count).